The summed E-state index contributed by atoms with van der Waals surface area (Å²) in [6.07, 6.45) is 5.51. The lowest BCUT2D eigenvalue weighted by molar-refractivity contribution is -0.126. The van der Waals surface area contributed by atoms with Crippen LogP contribution in [0.1, 0.15) is 69.7 Å². The summed E-state index contributed by atoms with van der Waals surface area (Å²) in [4.78, 5) is 27.4. The van der Waals surface area contributed by atoms with Crippen molar-refractivity contribution in [2.24, 2.45) is 17.8 Å². The first-order valence-corrected chi connectivity index (χ1v) is 13.8. The van der Waals surface area contributed by atoms with E-state index in [9.17, 15) is 18.0 Å². The summed E-state index contributed by atoms with van der Waals surface area (Å²) in [7, 11) is -3.64. The van der Waals surface area contributed by atoms with Gasteiger partial charge in [-0.2, -0.15) is 4.31 Å². The highest BCUT2D eigenvalue weighted by Gasteiger charge is 2.33. The van der Waals surface area contributed by atoms with E-state index in [-0.39, 0.29) is 22.6 Å². The van der Waals surface area contributed by atoms with Crippen molar-refractivity contribution in [3.05, 3.63) is 29.8 Å². The lowest BCUT2D eigenvalue weighted by atomic mass is 9.94. The first-order chi connectivity index (χ1) is 15.7. The van der Waals surface area contributed by atoms with Crippen molar-refractivity contribution in [2.45, 2.75) is 64.2 Å². The zero-order valence-corrected chi connectivity index (χ0v) is 21.1. The maximum atomic E-state index is 13.2. The number of nitrogens with one attached hydrogen (secondary N) is 1. The van der Waals surface area contributed by atoms with E-state index >= 15 is 0 Å². The molecule has 0 saturated carbocycles. The smallest absolute Gasteiger partial charge is 0.253 e. The van der Waals surface area contributed by atoms with Crippen molar-refractivity contribution in [1.29, 1.82) is 0 Å². The highest BCUT2D eigenvalue weighted by Crippen LogP contribution is 2.27. The van der Waals surface area contributed by atoms with Crippen LogP contribution in [-0.4, -0.2) is 62.2 Å². The molecule has 1 aromatic rings. The summed E-state index contributed by atoms with van der Waals surface area (Å²) < 4.78 is 28.0. The third-order valence-electron chi connectivity index (χ3n) is 6.79. The second-order valence-electron chi connectivity index (χ2n) is 9.86. The normalized spacial score (nSPS) is 22.8. The number of sulfonamides is 1. The van der Waals surface area contributed by atoms with Crippen molar-refractivity contribution in [1.82, 2.24) is 14.5 Å². The van der Waals surface area contributed by atoms with E-state index in [0.717, 1.165) is 25.7 Å². The van der Waals surface area contributed by atoms with Crippen molar-refractivity contribution < 1.29 is 18.0 Å². The van der Waals surface area contributed by atoms with Gasteiger partial charge in [0.05, 0.1) is 4.90 Å². The van der Waals surface area contributed by atoms with E-state index < -0.39 is 10.0 Å². The van der Waals surface area contributed by atoms with Gasteiger partial charge in [-0.05, 0) is 55.7 Å². The SMILES string of the molecule is CCCCCNC(=O)C1CCN(C(=O)c2cccc(S(=O)(=O)N3CC(C)CC(C)C3)c2)CC1. The van der Waals surface area contributed by atoms with E-state index in [1.165, 1.54) is 6.07 Å². The van der Waals surface area contributed by atoms with Gasteiger partial charge in [-0.15, -0.1) is 0 Å². The molecule has 7 nitrogen and oxygen atoms in total. The van der Waals surface area contributed by atoms with Crippen molar-refractivity contribution in [2.75, 3.05) is 32.7 Å². The van der Waals surface area contributed by atoms with Crippen LogP contribution in [0.15, 0.2) is 29.2 Å². The minimum Gasteiger partial charge on any atom is -0.356 e. The molecule has 2 heterocycles. The number of carbonyl (C=O) groups is 2. The Balaban J connectivity index is 1.60. The Morgan fingerprint density at radius 2 is 1.73 bits per heavy atom. The Morgan fingerprint density at radius 3 is 2.36 bits per heavy atom. The summed E-state index contributed by atoms with van der Waals surface area (Å²) in [6.45, 7) is 9.03. The molecule has 8 heteroatoms. The molecule has 33 heavy (non-hydrogen) atoms. The number of hydrogen-bond donors (Lipinski definition) is 1. The monoisotopic (exact) mass is 477 g/mol. The van der Waals surface area contributed by atoms with Crippen LogP contribution in [0.4, 0.5) is 0 Å². The third kappa shape index (κ3) is 6.57. The third-order valence-corrected chi connectivity index (χ3v) is 8.61. The largest absolute Gasteiger partial charge is 0.356 e. The molecule has 2 atom stereocenters. The molecule has 0 spiro atoms. The van der Waals surface area contributed by atoms with Gasteiger partial charge in [-0.25, -0.2) is 8.42 Å². The first kappa shape index (κ1) is 25.7. The summed E-state index contributed by atoms with van der Waals surface area (Å²) in [6, 6.07) is 6.40. The maximum Gasteiger partial charge on any atom is 0.253 e. The van der Waals surface area contributed by atoms with Crippen LogP contribution in [-0.2, 0) is 14.8 Å². The second-order valence-corrected chi connectivity index (χ2v) is 11.8. The molecule has 0 radical (unpaired) electrons. The summed E-state index contributed by atoms with van der Waals surface area (Å²) in [5, 5.41) is 3.01. The Hall–Kier alpha value is -1.93. The van der Waals surface area contributed by atoms with Gasteiger partial charge in [0.25, 0.3) is 5.91 Å². The van der Waals surface area contributed by atoms with Gasteiger partial charge in [0.15, 0.2) is 0 Å². The zero-order valence-electron chi connectivity index (χ0n) is 20.3. The fourth-order valence-electron chi connectivity index (χ4n) is 5.00. The number of rotatable bonds is 8. The molecular formula is C25H39N3O4S. The number of carbonyl (C=O) groups excluding carboxylic acids is 2. The number of hydrogen-bond acceptors (Lipinski definition) is 4. The molecule has 0 aliphatic carbocycles. The maximum absolute atomic E-state index is 13.2. The highest BCUT2D eigenvalue weighted by molar-refractivity contribution is 7.89. The highest BCUT2D eigenvalue weighted by atomic mass is 32.2. The number of unbranched alkanes of at least 4 members (excludes halogenated alkanes) is 2. The minimum absolute atomic E-state index is 0.0644. The van der Waals surface area contributed by atoms with E-state index in [2.05, 4.69) is 26.1 Å². The second kappa shape index (κ2) is 11.5. The van der Waals surface area contributed by atoms with Gasteiger partial charge in [0, 0.05) is 44.2 Å². The molecule has 3 rings (SSSR count). The molecule has 0 bridgehead atoms. The number of nitrogens with zero attached hydrogens (tertiary/aromatic N) is 2. The number of likely N-dealkylation sites (tertiary alicyclic amines) is 1. The van der Waals surface area contributed by atoms with E-state index in [4.69, 9.17) is 0 Å². The molecule has 2 saturated heterocycles. The van der Waals surface area contributed by atoms with Gasteiger partial charge in [0.1, 0.15) is 0 Å². The van der Waals surface area contributed by atoms with Crippen LogP contribution in [0.2, 0.25) is 0 Å². The van der Waals surface area contributed by atoms with Gasteiger partial charge in [-0.1, -0.05) is 39.7 Å². The minimum atomic E-state index is -3.64. The molecule has 2 amide bonds. The number of amides is 2. The number of piperidine rings is 2. The summed E-state index contributed by atoms with van der Waals surface area (Å²) in [5.41, 5.74) is 0.386. The molecule has 1 aromatic carbocycles. The molecule has 2 aliphatic rings. The van der Waals surface area contributed by atoms with Gasteiger partial charge < -0.3 is 10.2 Å². The summed E-state index contributed by atoms with van der Waals surface area (Å²) in [5.74, 6) is 0.480. The van der Waals surface area contributed by atoms with Crippen molar-refractivity contribution in [3.8, 4) is 0 Å². The number of benzene rings is 1. The van der Waals surface area contributed by atoms with E-state index in [1.54, 1.807) is 27.4 Å². The Kier molecular flexibility index (Phi) is 8.93. The standard InChI is InChI=1S/C25H39N3O4S/c1-4-5-6-12-26-24(29)21-10-13-27(14-11-21)25(30)22-8-7-9-23(16-22)33(31,32)28-17-19(2)15-20(3)18-28/h7-9,16,19-21H,4-6,10-15,17-18H2,1-3H3,(H,26,29). The van der Waals surface area contributed by atoms with Crippen molar-refractivity contribution >= 4 is 21.8 Å². The summed E-state index contributed by atoms with van der Waals surface area (Å²) >= 11 is 0. The van der Waals surface area contributed by atoms with Crippen LogP contribution in [0.5, 0.6) is 0 Å². The average Bonchev–Trinajstić information content (AvgIpc) is 2.81. The Labute approximate surface area is 199 Å². The van der Waals surface area contributed by atoms with Gasteiger partial charge >= 0.3 is 0 Å². The fourth-order valence-corrected chi connectivity index (χ4v) is 6.72. The van der Waals surface area contributed by atoms with Gasteiger partial charge in [0.2, 0.25) is 15.9 Å². The lowest BCUT2D eigenvalue weighted by Gasteiger charge is -2.34. The average molecular weight is 478 g/mol. The lowest BCUT2D eigenvalue weighted by Crippen LogP contribution is -2.43. The topological polar surface area (TPSA) is 86.8 Å². The zero-order chi connectivity index (χ0) is 24.0. The van der Waals surface area contributed by atoms with E-state index in [1.807, 2.05) is 0 Å². The van der Waals surface area contributed by atoms with E-state index in [0.29, 0.717) is 63.0 Å². The molecule has 2 fully saturated rings. The Bertz CT molecular complexity index is 915. The van der Waals surface area contributed by atoms with Crippen molar-refractivity contribution in [3.63, 3.8) is 0 Å². The molecule has 1 N–H and O–H groups in total. The molecule has 184 valence electrons. The predicted octanol–water partition coefficient (Wildman–Crippen LogP) is 3.51. The molecule has 2 unspecified atom stereocenters. The quantitative estimate of drug-likeness (QED) is 0.581. The van der Waals surface area contributed by atoms with Crippen LogP contribution >= 0.6 is 0 Å². The first-order valence-electron chi connectivity index (χ1n) is 12.4. The predicted molar refractivity (Wildman–Crippen MR) is 129 cm³/mol. The molecule has 2 aliphatic heterocycles. The van der Waals surface area contributed by atoms with Gasteiger partial charge in [-0.3, -0.25) is 9.59 Å². The van der Waals surface area contributed by atoms with Crippen LogP contribution < -0.4 is 5.32 Å². The fraction of sp³-hybridized carbons (Fsp3) is 0.680. The van der Waals surface area contributed by atoms with Crippen LogP contribution in [0.25, 0.3) is 0 Å². The van der Waals surface area contributed by atoms with Crippen LogP contribution in [0.3, 0.4) is 0 Å². The molecule has 0 aromatic heterocycles. The molecular weight excluding hydrogens is 438 g/mol. The Morgan fingerprint density at radius 1 is 1.06 bits per heavy atom. The van der Waals surface area contributed by atoms with Crippen LogP contribution in [0, 0.1) is 17.8 Å².